The first-order valence-electron chi connectivity index (χ1n) is 12.0. The molecule has 0 aromatic heterocycles. The summed E-state index contributed by atoms with van der Waals surface area (Å²) in [7, 11) is 0. The van der Waals surface area contributed by atoms with Crippen molar-refractivity contribution in [3.05, 3.63) is 58.1 Å². The highest BCUT2D eigenvalue weighted by molar-refractivity contribution is 6.30. The number of carbonyl (C=O) groups is 3. The smallest absolute Gasteiger partial charge is 0.421 e. The van der Waals surface area contributed by atoms with Crippen molar-refractivity contribution in [1.82, 2.24) is 16.0 Å². The van der Waals surface area contributed by atoms with Crippen molar-refractivity contribution >= 4 is 41.0 Å². The Morgan fingerprint density at radius 1 is 1.17 bits per heavy atom. The lowest BCUT2D eigenvalue weighted by atomic mass is 9.91. The van der Waals surface area contributed by atoms with Crippen molar-refractivity contribution in [2.45, 2.75) is 37.3 Å². The minimum Gasteiger partial charge on any atom is -0.508 e. The summed E-state index contributed by atoms with van der Waals surface area (Å²) in [5.74, 6) is -3.04. The highest BCUT2D eigenvalue weighted by Crippen LogP contribution is 2.40. The van der Waals surface area contributed by atoms with E-state index in [1.165, 1.54) is 12.1 Å². The van der Waals surface area contributed by atoms with E-state index in [1.807, 2.05) is 0 Å². The molecule has 0 spiro atoms. The molecular formula is C25H27ClF3N5O7. The Hall–Kier alpha value is -4.08. The van der Waals surface area contributed by atoms with Crippen LogP contribution in [0.15, 0.2) is 41.4 Å². The van der Waals surface area contributed by atoms with Crippen LogP contribution >= 0.6 is 11.6 Å². The molecule has 8 N–H and O–H groups in total. The van der Waals surface area contributed by atoms with Gasteiger partial charge in [0.05, 0.1) is 31.7 Å². The Labute approximate surface area is 236 Å². The molecule has 1 heterocycles. The van der Waals surface area contributed by atoms with Gasteiger partial charge in [-0.1, -0.05) is 17.7 Å². The summed E-state index contributed by atoms with van der Waals surface area (Å²) >= 11 is 5.94. The number of amides is 2. The number of β-amino-alcohol motifs (C(OH)–C–C–N with tert-alkyl or cyclic N) is 1. The summed E-state index contributed by atoms with van der Waals surface area (Å²) in [5.41, 5.74) is -3.87. The molecule has 3 rings (SSSR count). The summed E-state index contributed by atoms with van der Waals surface area (Å²) in [5, 5.41) is 48.9. The second kappa shape index (κ2) is 12.6. The number of aliphatic imine (C=N–C) groups is 1. The number of aliphatic hydroxyl groups is 2. The number of carboxylic acids is 1. The predicted molar refractivity (Wildman–Crippen MR) is 141 cm³/mol. The number of hydrogen-bond acceptors (Lipinski definition) is 9. The van der Waals surface area contributed by atoms with E-state index in [-0.39, 0.29) is 40.7 Å². The number of aliphatic carboxylic acids is 1. The molecule has 222 valence electrons. The van der Waals surface area contributed by atoms with Crippen LogP contribution in [0.2, 0.25) is 5.02 Å². The van der Waals surface area contributed by atoms with E-state index in [2.05, 4.69) is 26.3 Å². The van der Waals surface area contributed by atoms with Crippen LogP contribution in [-0.2, 0) is 15.2 Å². The van der Waals surface area contributed by atoms with Gasteiger partial charge in [0.25, 0.3) is 5.91 Å². The summed E-state index contributed by atoms with van der Waals surface area (Å²) in [6.07, 6.45) is -6.47. The fourth-order valence-corrected chi connectivity index (χ4v) is 4.00. The number of carbonyl (C=O) groups excluding carboxylic acids is 2. The number of hydrogen-bond donors (Lipinski definition) is 8. The first-order valence-corrected chi connectivity index (χ1v) is 12.4. The Balaban J connectivity index is 1.71. The first kappa shape index (κ1) is 31.4. The van der Waals surface area contributed by atoms with Gasteiger partial charge < -0.3 is 41.7 Å². The van der Waals surface area contributed by atoms with E-state index in [0.29, 0.717) is 12.9 Å². The van der Waals surface area contributed by atoms with Crippen LogP contribution in [0.4, 0.5) is 18.9 Å². The van der Waals surface area contributed by atoms with Crippen LogP contribution in [0.5, 0.6) is 5.75 Å². The largest absolute Gasteiger partial charge is 0.508 e. The lowest BCUT2D eigenvalue weighted by molar-refractivity contribution is -0.258. The van der Waals surface area contributed by atoms with E-state index < -0.39 is 60.2 Å². The monoisotopic (exact) mass is 601 g/mol. The van der Waals surface area contributed by atoms with Crippen LogP contribution in [-0.4, -0.2) is 76.1 Å². The molecule has 0 fully saturated rings. The van der Waals surface area contributed by atoms with Crippen molar-refractivity contribution in [3.63, 3.8) is 0 Å². The second-order valence-corrected chi connectivity index (χ2v) is 9.80. The van der Waals surface area contributed by atoms with Gasteiger partial charge in [-0.05, 0) is 42.3 Å². The van der Waals surface area contributed by atoms with Crippen molar-refractivity contribution in [2.75, 3.05) is 25.0 Å². The molecule has 0 aliphatic carbocycles. The normalized spacial score (nSPS) is 17.3. The van der Waals surface area contributed by atoms with Crippen LogP contribution in [0, 0.1) is 0 Å². The molecule has 0 saturated carbocycles. The molecule has 41 heavy (non-hydrogen) atoms. The number of nitrogens with zero attached hydrogens (tertiary/aromatic N) is 1. The minimum absolute atomic E-state index is 0.0484. The minimum atomic E-state index is -5.07. The number of benzene rings is 2. The third kappa shape index (κ3) is 8.45. The highest BCUT2D eigenvalue weighted by Gasteiger charge is 2.51. The van der Waals surface area contributed by atoms with E-state index >= 15 is 0 Å². The molecule has 16 heteroatoms. The summed E-state index contributed by atoms with van der Waals surface area (Å²) in [6.45, 7) is 0.244. The zero-order chi connectivity index (χ0) is 30.5. The number of aliphatic hydroxyl groups excluding tert-OH is 1. The fraction of sp³-hybridized carbons (Fsp3) is 0.360. The Morgan fingerprint density at radius 2 is 1.88 bits per heavy atom. The van der Waals surface area contributed by atoms with Gasteiger partial charge in [-0.2, -0.15) is 13.2 Å². The fourth-order valence-electron chi connectivity index (χ4n) is 3.76. The summed E-state index contributed by atoms with van der Waals surface area (Å²) in [4.78, 5) is 40.8. The SMILES string of the molecule is CC(O)(c1cc(Cl)cc(C(CC(=O)O)NC(=O)CNC(=O)c2cc(O)cc(NC3=NCC(O)CN3)c2)c1)C(F)(F)F. The molecule has 0 radical (unpaired) electrons. The number of carboxylic acid groups (broad SMARTS) is 1. The van der Waals surface area contributed by atoms with Gasteiger partial charge in [0.2, 0.25) is 5.91 Å². The quantitative estimate of drug-likeness (QED) is 0.211. The lowest BCUT2D eigenvalue weighted by Crippen LogP contribution is -2.42. The van der Waals surface area contributed by atoms with Gasteiger partial charge in [0.1, 0.15) is 5.75 Å². The second-order valence-electron chi connectivity index (χ2n) is 9.36. The average molecular weight is 602 g/mol. The number of phenolic OH excluding ortho intramolecular Hbond substituents is 1. The molecule has 0 bridgehead atoms. The molecule has 0 saturated heterocycles. The maximum absolute atomic E-state index is 13.4. The maximum atomic E-state index is 13.4. The van der Waals surface area contributed by atoms with E-state index in [1.54, 1.807) is 0 Å². The van der Waals surface area contributed by atoms with E-state index in [4.69, 9.17) is 11.6 Å². The number of rotatable bonds is 9. The topological polar surface area (TPSA) is 193 Å². The standard InChI is InChI=1S/C25H27ClF3N5O7/c1-24(41,25(27,28)29)14-2-12(3-15(26)6-14)19(8-21(38)39)34-20(37)11-30-22(40)13-4-16(7-17(35)5-13)33-23-31-9-18(36)10-32-23/h2-7,18-19,35-36,41H,8-11H2,1H3,(H,30,40)(H,34,37)(H,38,39)(H2,31,32,33). The molecule has 12 nitrogen and oxygen atoms in total. The van der Waals surface area contributed by atoms with Gasteiger partial charge in [0.15, 0.2) is 11.6 Å². The molecule has 2 aromatic carbocycles. The third-order valence-corrected chi connectivity index (χ3v) is 6.19. The van der Waals surface area contributed by atoms with Crippen LogP contribution < -0.4 is 21.3 Å². The van der Waals surface area contributed by atoms with E-state index in [0.717, 1.165) is 24.3 Å². The summed E-state index contributed by atoms with van der Waals surface area (Å²) in [6, 6.07) is 5.34. The van der Waals surface area contributed by atoms with Gasteiger partial charge in [0, 0.05) is 28.9 Å². The van der Waals surface area contributed by atoms with Crippen molar-refractivity contribution in [3.8, 4) is 5.75 Å². The molecule has 1 aliphatic rings. The van der Waals surface area contributed by atoms with Crippen molar-refractivity contribution in [1.29, 1.82) is 0 Å². The van der Waals surface area contributed by atoms with Crippen LogP contribution in [0.1, 0.15) is 40.9 Å². The lowest BCUT2D eigenvalue weighted by Gasteiger charge is -2.28. The highest BCUT2D eigenvalue weighted by atomic mass is 35.5. The Kier molecular flexibility index (Phi) is 9.68. The predicted octanol–water partition coefficient (Wildman–Crippen LogP) is 1.61. The van der Waals surface area contributed by atoms with E-state index in [9.17, 15) is 48.0 Å². The number of halogens is 4. The van der Waals surface area contributed by atoms with Crippen LogP contribution in [0.3, 0.4) is 0 Å². The molecule has 1 aliphatic heterocycles. The zero-order valence-electron chi connectivity index (χ0n) is 21.4. The van der Waals surface area contributed by atoms with Gasteiger partial charge in [-0.15, -0.1) is 0 Å². The van der Waals surface area contributed by atoms with Crippen molar-refractivity contribution < 1.29 is 48.0 Å². The van der Waals surface area contributed by atoms with Gasteiger partial charge in [-0.25, -0.2) is 0 Å². The zero-order valence-corrected chi connectivity index (χ0v) is 22.2. The number of anilines is 1. The number of phenols is 1. The number of nitrogens with one attached hydrogen (secondary N) is 4. The number of guanidine groups is 1. The van der Waals surface area contributed by atoms with Crippen molar-refractivity contribution in [2.24, 2.45) is 4.99 Å². The Morgan fingerprint density at radius 3 is 2.49 bits per heavy atom. The molecule has 2 amide bonds. The molecular weight excluding hydrogens is 575 g/mol. The number of alkyl halides is 3. The Bertz CT molecular complexity index is 1350. The summed E-state index contributed by atoms with van der Waals surface area (Å²) < 4.78 is 40.1. The first-order chi connectivity index (χ1) is 19.0. The number of aromatic hydroxyl groups is 1. The maximum Gasteiger partial charge on any atom is 0.421 e. The van der Waals surface area contributed by atoms with Crippen LogP contribution in [0.25, 0.3) is 0 Å². The third-order valence-electron chi connectivity index (χ3n) is 5.97. The molecule has 3 unspecified atom stereocenters. The van der Waals surface area contributed by atoms with Gasteiger partial charge >= 0.3 is 12.1 Å². The average Bonchev–Trinajstić information content (AvgIpc) is 2.86. The molecule has 2 aromatic rings. The molecule has 3 atom stereocenters. The van der Waals surface area contributed by atoms with Gasteiger partial charge in [-0.3, -0.25) is 19.4 Å².